The number of hydrogen-bond acceptors (Lipinski definition) is 3. The molecule has 0 aromatic rings. The molecule has 1 saturated heterocycles. The van der Waals surface area contributed by atoms with Crippen LogP contribution in [0.2, 0.25) is 0 Å². The zero-order valence-corrected chi connectivity index (χ0v) is 13.0. The molecule has 0 aliphatic carbocycles. The molecule has 120 valence electrons. The number of hydrogen-bond donors (Lipinski definition) is 0. The third-order valence-corrected chi connectivity index (χ3v) is 5.82. The van der Waals surface area contributed by atoms with Crippen LogP contribution < -0.4 is 0 Å². The van der Waals surface area contributed by atoms with E-state index in [0.29, 0.717) is 0 Å². The zero-order valence-electron chi connectivity index (χ0n) is 12.2. The number of halogens is 3. The molecular weight excluding hydrogens is 295 g/mol. The molecule has 1 aliphatic rings. The van der Waals surface area contributed by atoms with Crippen LogP contribution in [0.25, 0.3) is 0 Å². The van der Waals surface area contributed by atoms with Crippen LogP contribution in [0.5, 0.6) is 0 Å². The van der Waals surface area contributed by atoms with Crippen molar-refractivity contribution in [1.29, 1.82) is 0 Å². The monoisotopic (exact) mass is 317 g/mol. The Balaban J connectivity index is 2.85. The van der Waals surface area contributed by atoms with Crippen LogP contribution in [0.15, 0.2) is 0 Å². The van der Waals surface area contributed by atoms with E-state index in [4.69, 9.17) is 4.74 Å². The molecule has 1 rings (SSSR count). The molecule has 0 amide bonds. The number of piperidine rings is 1. The fourth-order valence-corrected chi connectivity index (χ4v) is 4.47. The molecule has 0 spiro atoms. The molecular formula is C12H22F3NO3S. The van der Waals surface area contributed by atoms with Crippen molar-refractivity contribution in [2.24, 2.45) is 11.3 Å². The van der Waals surface area contributed by atoms with Crippen LogP contribution in [0, 0.1) is 11.3 Å². The molecule has 0 radical (unpaired) electrons. The van der Waals surface area contributed by atoms with E-state index in [2.05, 4.69) is 0 Å². The Morgan fingerprint density at radius 3 is 2.35 bits per heavy atom. The molecule has 0 aromatic heterocycles. The van der Waals surface area contributed by atoms with Crippen molar-refractivity contribution in [1.82, 2.24) is 4.31 Å². The Kier molecular flexibility index (Phi) is 5.14. The number of sulfonamides is 1. The largest absolute Gasteiger partial charge is 0.392 e. The summed E-state index contributed by atoms with van der Waals surface area (Å²) in [4.78, 5) is 0. The molecule has 0 aromatic carbocycles. The van der Waals surface area contributed by atoms with Crippen molar-refractivity contribution in [3.63, 3.8) is 0 Å². The maximum absolute atomic E-state index is 12.9. The van der Waals surface area contributed by atoms with E-state index in [1.54, 1.807) is 6.92 Å². The number of nitrogens with zero attached hydrogens (tertiary/aromatic N) is 1. The normalized spacial score (nSPS) is 26.4. The average Bonchev–Trinajstić information content (AvgIpc) is 2.24. The fraction of sp³-hybridized carbons (Fsp3) is 1.00. The second kappa shape index (κ2) is 5.81. The quantitative estimate of drug-likeness (QED) is 0.799. The zero-order chi connectivity index (χ0) is 15.8. The van der Waals surface area contributed by atoms with E-state index in [1.165, 1.54) is 21.0 Å². The van der Waals surface area contributed by atoms with Gasteiger partial charge in [0.15, 0.2) is 0 Å². The summed E-state index contributed by atoms with van der Waals surface area (Å²) in [6, 6.07) is 0. The first kappa shape index (κ1) is 17.7. The predicted octanol–water partition coefficient (Wildman–Crippen LogP) is 2.26. The summed E-state index contributed by atoms with van der Waals surface area (Å²) in [7, 11) is -2.19. The van der Waals surface area contributed by atoms with Gasteiger partial charge < -0.3 is 4.74 Å². The first-order valence-corrected chi connectivity index (χ1v) is 8.08. The van der Waals surface area contributed by atoms with Gasteiger partial charge in [0.2, 0.25) is 10.0 Å². The molecule has 1 aliphatic heterocycles. The van der Waals surface area contributed by atoms with Gasteiger partial charge in [-0.3, -0.25) is 0 Å². The van der Waals surface area contributed by atoms with Gasteiger partial charge >= 0.3 is 6.18 Å². The number of alkyl halides is 3. The van der Waals surface area contributed by atoms with E-state index in [9.17, 15) is 21.6 Å². The Morgan fingerprint density at radius 1 is 1.40 bits per heavy atom. The van der Waals surface area contributed by atoms with Gasteiger partial charge in [-0.05, 0) is 18.8 Å². The molecule has 2 unspecified atom stereocenters. The summed E-state index contributed by atoms with van der Waals surface area (Å²) in [5, 5.41) is 0. The molecule has 0 bridgehead atoms. The molecule has 1 heterocycles. The van der Waals surface area contributed by atoms with Gasteiger partial charge in [-0.25, -0.2) is 12.7 Å². The Morgan fingerprint density at radius 2 is 1.95 bits per heavy atom. The molecule has 8 heteroatoms. The lowest BCUT2D eigenvalue weighted by molar-refractivity contribution is -0.213. The second-order valence-electron chi connectivity index (χ2n) is 6.03. The van der Waals surface area contributed by atoms with Gasteiger partial charge in [-0.15, -0.1) is 0 Å². The van der Waals surface area contributed by atoms with E-state index >= 15 is 0 Å². The van der Waals surface area contributed by atoms with E-state index in [0.717, 1.165) is 4.31 Å². The van der Waals surface area contributed by atoms with Crippen LogP contribution in [0.1, 0.15) is 27.2 Å². The van der Waals surface area contributed by atoms with Gasteiger partial charge in [-0.2, -0.15) is 13.2 Å². The van der Waals surface area contributed by atoms with Crippen LogP contribution in [-0.2, 0) is 14.8 Å². The Hall–Kier alpha value is -0.340. The first-order chi connectivity index (χ1) is 8.90. The number of ether oxygens (including phenoxy) is 1. The lowest BCUT2D eigenvalue weighted by Gasteiger charge is -2.44. The van der Waals surface area contributed by atoms with Gasteiger partial charge in [0, 0.05) is 20.2 Å². The van der Waals surface area contributed by atoms with Crippen LogP contribution in [0.4, 0.5) is 13.2 Å². The van der Waals surface area contributed by atoms with Crippen LogP contribution in [-0.4, -0.2) is 51.0 Å². The maximum atomic E-state index is 12.9. The van der Waals surface area contributed by atoms with Crippen molar-refractivity contribution in [3.8, 4) is 0 Å². The summed E-state index contributed by atoms with van der Waals surface area (Å²) < 4.78 is 69.2. The average molecular weight is 317 g/mol. The topological polar surface area (TPSA) is 46.6 Å². The lowest BCUT2D eigenvalue weighted by Crippen LogP contribution is -2.53. The highest BCUT2D eigenvalue weighted by Gasteiger charge is 2.52. The predicted molar refractivity (Wildman–Crippen MR) is 69.8 cm³/mol. The Bertz CT molecular complexity index is 434. The third kappa shape index (κ3) is 4.08. The highest BCUT2D eigenvalue weighted by atomic mass is 32.2. The smallest absolute Gasteiger partial charge is 0.381 e. The van der Waals surface area contributed by atoms with Crippen molar-refractivity contribution >= 4 is 10.0 Å². The van der Waals surface area contributed by atoms with Gasteiger partial charge in [0.05, 0.1) is 17.8 Å². The summed E-state index contributed by atoms with van der Waals surface area (Å²) >= 11 is 0. The first-order valence-electron chi connectivity index (χ1n) is 6.47. The molecule has 20 heavy (non-hydrogen) atoms. The minimum absolute atomic E-state index is 0.0909. The van der Waals surface area contributed by atoms with Crippen LogP contribution >= 0.6 is 0 Å². The third-order valence-electron chi connectivity index (χ3n) is 3.83. The van der Waals surface area contributed by atoms with Crippen molar-refractivity contribution in [3.05, 3.63) is 0 Å². The standard InChI is InChI=1S/C12H22F3NO3S/c1-9(19-4)7-20(17,18)16-6-5-10(12(13,14)15)11(2,3)8-16/h9-10H,5-8H2,1-4H3. The fourth-order valence-electron chi connectivity index (χ4n) is 2.62. The summed E-state index contributed by atoms with van der Waals surface area (Å²) in [6.45, 7) is 4.34. The van der Waals surface area contributed by atoms with E-state index < -0.39 is 33.6 Å². The summed E-state index contributed by atoms with van der Waals surface area (Å²) in [5.41, 5.74) is -1.13. The number of rotatable bonds is 4. The Labute approximate surface area is 118 Å². The minimum atomic E-state index is -4.29. The van der Waals surface area contributed by atoms with E-state index in [1.807, 2.05) is 0 Å². The highest BCUT2D eigenvalue weighted by molar-refractivity contribution is 7.89. The van der Waals surface area contributed by atoms with Gasteiger partial charge in [0.25, 0.3) is 0 Å². The van der Waals surface area contributed by atoms with Crippen molar-refractivity contribution < 1.29 is 26.3 Å². The SMILES string of the molecule is COC(C)CS(=O)(=O)N1CCC(C(F)(F)F)C(C)(C)C1. The molecule has 0 saturated carbocycles. The lowest BCUT2D eigenvalue weighted by atomic mass is 9.74. The van der Waals surface area contributed by atoms with Crippen molar-refractivity contribution in [2.75, 3.05) is 26.0 Å². The summed E-state index contributed by atoms with van der Waals surface area (Å²) in [6.07, 6.45) is -4.97. The molecule has 1 fully saturated rings. The molecule has 4 nitrogen and oxygen atoms in total. The molecule has 2 atom stereocenters. The van der Waals surface area contributed by atoms with Crippen molar-refractivity contribution in [2.45, 2.75) is 39.5 Å². The van der Waals surface area contributed by atoms with E-state index in [-0.39, 0.29) is 25.3 Å². The van der Waals surface area contributed by atoms with Crippen LogP contribution in [0.3, 0.4) is 0 Å². The number of methoxy groups -OCH3 is 1. The van der Waals surface area contributed by atoms with Gasteiger partial charge in [-0.1, -0.05) is 13.8 Å². The minimum Gasteiger partial charge on any atom is -0.381 e. The van der Waals surface area contributed by atoms with Gasteiger partial charge in [0.1, 0.15) is 0 Å². The molecule has 0 N–H and O–H groups in total. The maximum Gasteiger partial charge on any atom is 0.392 e. The second-order valence-corrected chi connectivity index (χ2v) is 8.04. The summed E-state index contributed by atoms with van der Waals surface area (Å²) in [5.74, 6) is -1.68. The highest BCUT2D eigenvalue weighted by Crippen LogP contribution is 2.45.